The van der Waals surface area contributed by atoms with E-state index in [0.717, 1.165) is 52.1 Å². The highest BCUT2D eigenvalue weighted by atomic mass is 16.2. The van der Waals surface area contributed by atoms with Crippen molar-refractivity contribution in [2.45, 2.75) is 33.1 Å². The van der Waals surface area contributed by atoms with Crippen molar-refractivity contribution < 1.29 is 9.59 Å². The molecule has 5 nitrogen and oxygen atoms in total. The van der Waals surface area contributed by atoms with Crippen LogP contribution in [0.3, 0.4) is 0 Å². The van der Waals surface area contributed by atoms with Gasteiger partial charge in [0.05, 0.1) is 6.54 Å². The minimum atomic E-state index is 0.142. The van der Waals surface area contributed by atoms with E-state index in [-0.39, 0.29) is 11.8 Å². The van der Waals surface area contributed by atoms with E-state index in [1.54, 1.807) is 6.92 Å². The van der Waals surface area contributed by atoms with Crippen LogP contribution in [0.4, 0.5) is 0 Å². The Morgan fingerprint density at radius 1 is 1.00 bits per heavy atom. The van der Waals surface area contributed by atoms with Crippen LogP contribution in [-0.4, -0.2) is 72.3 Å². The van der Waals surface area contributed by atoms with Gasteiger partial charge >= 0.3 is 0 Å². The van der Waals surface area contributed by atoms with Gasteiger partial charge in [0, 0.05) is 46.2 Å². The maximum Gasteiger partial charge on any atom is 0.236 e. The SMILES string of the molecule is CC(=O)N1CCCN(CC(=O)N2CCCC(C)C2)CC1. The molecule has 2 aliphatic heterocycles. The number of carbonyl (C=O) groups excluding carboxylic acids is 2. The summed E-state index contributed by atoms with van der Waals surface area (Å²) in [6.45, 7) is 9.47. The molecule has 0 aliphatic carbocycles. The van der Waals surface area contributed by atoms with Gasteiger partial charge in [-0.25, -0.2) is 0 Å². The van der Waals surface area contributed by atoms with Crippen LogP contribution in [0.25, 0.3) is 0 Å². The van der Waals surface area contributed by atoms with Crippen LogP contribution in [0.5, 0.6) is 0 Å². The molecule has 0 aromatic carbocycles. The number of rotatable bonds is 2. The average molecular weight is 281 g/mol. The smallest absolute Gasteiger partial charge is 0.236 e. The van der Waals surface area contributed by atoms with Gasteiger partial charge in [-0.1, -0.05) is 6.92 Å². The normalized spacial score (nSPS) is 25.4. The van der Waals surface area contributed by atoms with E-state index in [1.807, 2.05) is 9.80 Å². The highest BCUT2D eigenvalue weighted by Gasteiger charge is 2.24. The van der Waals surface area contributed by atoms with Crippen LogP contribution in [0, 0.1) is 5.92 Å². The summed E-state index contributed by atoms with van der Waals surface area (Å²) in [5.74, 6) is 1.03. The van der Waals surface area contributed by atoms with E-state index < -0.39 is 0 Å². The van der Waals surface area contributed by atoms with Gasteiger partial charge in [0.2, 0.25) is 11.8 Å². The average Bonchev–Trinajstić information content (AvgIpc) is 2.64. The zero-order valence-electron chi connectivity index (χ0n) is 12.8. The highest BCUT2D eigenvalue weighted by Crippen LogP contribution is 2.16. The molecular formula is C15H27N3O2. The molecule has 0 aromatic rings. The van der Waals surface area contributed by atoms with E-state index in [4.69, 9.17) is 0 Å². The molecule has 0 N–H and O–H groups in total. The van der Waals surface area contributed by atoms with Gasteiger partial charge < -0.3 is 9.80 Å². The van der Waals surface area contributed by atoms with Crippen molar-refractivity contribution >= 4 is 11.8 Å². The monoisotopic (exact) mass is 281 g/mol. The summed E-state index contributed by atoms with van der Waals surface area (Å²) in [6.07, 6.45) is 3.33. The predicted molar refractivity (Wildman–Crippen MR) is 78.3 cm³/mol. The molecule has 20 heavy (non-hydrogen) atoms. The third-order valence-corrected chi connectivity index (χ3v) is 4.40. The molecule has 0 saturated carbocycles. The third-order valence-electron chi connectivity index (χ3n) is 4.40. The quantitative estimate of drug-likeness (QED) is 0.752. The second-order valence-electron chi connectivity index (χ2n) is 6.22. The lowest BCUT2D eigenvalue weighted by Gasteiger charge is -2.32. The van der Waals surface area contributed by atoms with Gasteiger partial charge in [-0.2, -0.15) is 0 Å². The van der Waals surface area contributed by atoms with Crippen LogP contribution < -0.4 is 0 Å². The summed E-state index contributed by atoms with van der Waals surface area (Å²) < 4.78 is 0. The Labute approximate surface area is 121 Å². The molecule has 0 radical (unpaired) electrons. The molecule has 1 atom stereocenters. The summed E-state index contributed by atoms with van der Waals surface area (Å²) in [5, 5.41) is 0. The number of carbonyl (C=O) groups is 2. The zero-order chi connectivity index (χ0) is 14.5. The fourth-order valence-electron chi connectivity index (χ4n) is 3.15. The number of amides is 2. The van der Waals surface area contributed by atoms with Gasteiger partial charge in [0.1, 0.15) is 0 Å². The van der Waals surface area contributed by atoms with Gasteiger partial charge in [0.15, 0.2) is 0 Å². The van der Waals surface area contributed by atoms with E-state index in [0.29, 0.717) is 12.5 Å². The fourth-order valence-corrected chi connectivity index (χ4v) is 3.15. The Bertz CT molecular complexity index is 359. The second kappa shape index (κ2) is 7.07. The van der Waals surface area contributed by atoms with E-state index >= 15 is 0 Å². The summed E-state index contributed by atoms with van der Waals surface area (Å²) in [4.78, 5) is 29.8. The molecule has 2 saturated heterocycles. The Morgan fingerprint density at radius 3 is 2.45 bits per heavy atom. The standard InChI is InChI=1S/C15H27N3O2/c1-13-5-3-7-18(11-13)15(20)12-16-6-4-8-17(10-9-16)14(2)19/h13H,3-12H2,1-2H3. The highest BCUT2D eigenvalue weighted by molar-refractivity contribution is 5.78. The van der Waals surface area contributed by atoms with Gasteiger partial charge in [-0.05, 0) is 25.2 Å². The van der Waals surface area contributed by atoms with E-state index in [1.165, 1.54) is 6.42 Å². The molecule has 2 rings (SSSR count). The Kier molecular flexibility index (Phi) is 5.40. The Balaban J connectivity index is 1.80. The van der Waals surface area contributed by atoms with Crippen LogP contribution in [-0.2, 0) is 9.59 Å². The molecule has 5 heteroatoms. The molecule has 2 amide bonds. The third kappa shape index (κ3) is 4.20. The van der Waals surface area contributed by atoms with Gasteiger partial charge in [-0.15, -0.1) is 0 Å². The lowest BCUT2D eigenvalue weighted by Crippen LogP contribution is -2.45. The predicted octanol–water partition coefficient (Wildman–Crippen LogP) is 0.799. The van der Waals surface area contributed by atoms with Gasteiger partial charge in [-0.3, -0.25) is 14.5 Å². The van der Waals surface area contributed by atoms with Crippen LogP contribution in [0.1, 0.15) is 33.1 Å². The minimum absolute atomic E-state index is 0.142. The topological polar surface area (TPSA) is 43.9 Å². The van der Waals surface area contributed by atoms with Crippen molar-refractivity contribution in [3.63, 3.8) is 0 Å². The first-order valence-electron chi connectivity index (χ1n) is 7.82. The maximum atomic E-state index is 12.3. The maximum absolute atomic E-state index is 12.3. The van der Waals surface area contributed by atoms with E-state index in [2.05, 4.69) is 11.8 Å². The van der Waals surface area contributed by atoms with Crippen molar-refractivity contribution in [2.75, 3.05) is 45.8 Å². The van der Waals surface area contributed by atoms with Crippen molar-refractivity contribution in [3.05, 3.63) is 0 Å². The van der Waals surface area contributed by atoms with Crippen molar-refractivity contribution in [2.24, 2.45) is 5.92 Å². The first-order chi connectivity index (χ1) is 9.56. The van der Waals surface area contributed by atoms with Crippen molar-refractivity contribution in [1.82, 2.24) is 14.7 Å². The summed E-state index contributed by atoms with van der Waals surface area (Å²) in [6, 6.07) is 0. The Hall–Kier alpha value is -1.10. The summed E-state index contributed by atoms with van der Waals surface area (Å²) in [7, 11) is 0. The molecule has 114 valence electrons. The summed E-state index contributed by atoms with van der Waals surface area (Å²) in [5.41, 5.74) is 0. The first-order valence-corrected chi connectivity index (χ1v) is 7.82. The van der Waals surface area contributed by atoms with E-state index in [9.17, 15) is 9.59 Å². The largest absolute Gasteiger partial charge is 0.342 e. The van der Waals surface area contributed by atoms with Gasteiger partial charge in [0.25, 0.3) is 0 Å². The molecule has 2 heterocycles. The Morgan fingerprint density at radius 2 is 1.75 bits per heavy atom. The molecule has 0 spiro atoms. The number of likely N-dealkylation sites (tertiary alicyclic amines) is 1. The number of nitrogens with zero attached hydrogens (tertiary/aromatic N) is 3. The number of hydrogen-bond donors (Lipinski definition) is 0. The minimum Gasteiger partial charge on any atom is -0.342 e. The lowest BCUT2D eigenvalue weighted by molar-refractivity contribution is -0.134. The van der Waals surface area contributed by atoms with Crippen LogP contribution in [0.2, 0.25) is 0 Å². The molecule has 2 aliphatic rings. The zero-order valence-corrected chi connectivity index (χ0v) is 12.8. The summed E-state index contributed by atoms with van der Waals surface area (Å²) >= 11 is 0. The number of hydrogen-bond acceptors (Lipinski definition) is 3. The van der Waals surface area contributed by atoms with Crippen molar-refractivity contribution in [1.29, 1.82) is 0 Å². The molecule has 1 unspecified atom stereocenters. The molecule has 0 aromatic heterocycles. The first kappa shape index (κ1) is 15.3. The molecule has 0 bridgehead atoms. The number of piperidine rings is 1. The molecule has 2 fully saturated rings. The fraction of sp³-hybridized carbons (Fsp3) is 0.867. The van der Waals surface area contributed by atoms with Crippen LogP contribution in [0.15, 0.2) is 0 Å². The lowest BCUT2D eigenvalue weighted by atomic mass is 10.0. The van der Waals surface area contributed by atoms with Crippen LogP contribution >= 0.6 is 0 Å². The molecular weight excluding hydrogens is 254 g/mol. The second-order valence-corrected chi connectivity index (χ2v) is 6.22. The van der Waals surface area contributed by atoms with Crippen molar-refractivity contribution in [3.8, 4) is 0 Å².